The summed E-state index contributed by atoms with van der Waals surface area (Å²) in [4.78, 5) is 28.2. The van der Waals surface area contributed by atoms with Crippen molar-refractivity contribution in [2.75, 3.05) is 42.3 Å². The van der Waals surface area contributed by atoms with Crippen molar-refractivity contribution in [3.63, 3.8) is 0 Å². The highest BCUT2D eigenvalue weighted by atomic mass is 16.5. The zero-order valence-electron chi connectivity index (χ0n) is 18.2. The summed E-state index contributed by atoms with van der Waals surface area (Å²) in [6.45, 7) is 2.74. The second kappa shape index (κ2) is 9.13. The number of morpholine rings is 1. The Labute approximate surface area is 191 Å². The molecule has 9 nitrogen and oxygen atoms in total. The third-order valence-electron chi connectivity index (χ3n) is 6.12. The summed E-state index contributed by atoms with van der Waals surface area (Å²) in [6.07, 6.45) is 6.82. The molecule has 5 rings (SSSR count). The topological polar surface area (TPSA) is 126 Å². The van der Waals surface area contributed by atoms with Crippen molar-refractivity contribution >= 4 is 23.1 Å². The van der Waals surface area contributed by atoms with Gasteiger partial charge in [-0.15, -0.1) is 0 Å². The first-order chi connectivity index (χ1) is 16.1. The van der Waals surface area contributed by atoms with E-state index in [4.69, 9.17) is 10.5 Å². The summed E-state index contributed by atoms with van der Waals surface area (Å²) in [7, 11) is 0. The molecule has 1 amide bonds. The molecule has 4 N–H and O–H groups in total. The fraction of sp³-hybridized carbons (Fsp3) is 0.333. The molecule has 33 heavy (non-hydrogen) atoms. The van der Waals surface area contributed by atoms with Crippen LogP contribution < -0.4 is 16.0 Å². The van der Waals surface area contributed by atoms with Gasteiger partial charge in [0.1, 0.15) is 0 Å². The number of fused-ring (bicyclic) bond motifs is 1. The van der Waals surface area contributed by atoms with Gasteiger partial charge in [-0.05, 0) is 42.5 Å². The molecule has 1 unspecified atom stereocenters. The fourth-order valence-electron chi connectivity index (χ4n) is 4.34. The van der Waals surface area contributed by atoms with Crippen molar-refractivity contribution in [2.24, 2.45) is 0 Å². The fourth-order valence-corrected chi connectivity index (χ4v) is 4.34. The number of aryl methyl sites for hydroxylation is 1. The van der Waals surface area contributed by atoms with Gasteiger partial charge in [0.15, 0.2) is 11.5 Å². The summed E-state index contributed by atoms with van der Waals surface area (Å²) in [5.41, 5.74) is 11.3. The van der Waals surface area contributed by atoms with Crippen molar-refractivity contribution in [1.82, 2.24) is 15.0 Å². The Morgan fingerprint density at radius 1 is 1.18 bits per heavy atom. The lowest BCUT2D eigenvalue weighted by atomic mass is 9.88. The number of nitrogens with zero attached hydrogens (tertiary/aromatic N) is 4. The monoisotopic (exact) mass is 446 g/mol. The Morgan fingerprint density at radius 3 is 2.88 bits per heavy atom. The highest BCUT2D eigenvalue weighted by Crippen LogP contribution is 2.29. The number of nitrogen functional groups attached to an aromatic ring is 1. The number of anilines is 3. The van der Waals surface area contributed by atoms with Crippen LogP contribution in [0.2, 0.25) is 0 Å². The molecule has 0 saturated carbocycles. The minimum Gasteiger partial charge on any atom is -0.393 e. The molecule has 0 radical (unpaired) electrons. The highest BCUT2D eigenvalue weighted by molar-refractivity contribution is 6.07. The molecule has 9 heteroatoms. The number of aliphatic hydroxyl groups is 1. The molecule has 170 valence electrons. The van der Waals surface area contributed by atoms with Crippen molar-refractivity contribution in [2.45, 2.75) is 25.4 Å². The van der Waals surface area contributed by atoms with Crippen LogP contribution in [0.3, 0.4) is 0 Å². The quantitative estimate of drug-likeness (QED) is 0.556. The third-order valence-corrected chi connectivity index (χ3v) is 6.12. The standard InChI is InChI=1S/C24H26N6O3/c25-23-22(24(32)29-20-13-26-6-5-21(20)30-7-9-33-10-8-30)28-19(14-27-23)17-2-1-16-12-18(31)4-3-15(16)11-17/h1-2,5-6,11,13-14,18,31H,3-4,7-10,12H2,(H2,25,27)(H,29,32). The number of ether oxygens (including phenoxy) is 1. The average Bonchev–Trinajstić information content (AvgIpc) is 2.85. The number of hydrogen-bond acceptors (Lipinski definition) is 8. The largest absolute Gasteiger partial charge is 0.393 e. The first kappa shape index (κ1) is 21.3. The lowest BCUT2D eigenvalue weighted by Crippen LogP contribution is -2.36. The molecule has 1 atom stereocenters. The van der Waals surface area contributed by atoms with Gasteiger partial charge in [0.25, 0.3) is 5.91 Å². The summed E-state index contributed by atoms with van der Waals surface area (Å²) in [6, 6.07) is 7.88. The van der Waals surface area contributed by atoms with Crippen LogP contribution in [0, 0.1) is 0 Å². The Balaban J connectivity index is 1.41. The Morgan fingerprint density at radius 2 is 2.03 bits per heavy atom. The second-order valence-corrected chi connectivity index (χ2v) is 8.32. The number of carbonyl (C=O) groups excluding carboxylic acids is 1. The number of hydrogen-bond donors (Lipinski definition) is 3. The van der Waals surface area contributed by atoms with Crippen LogP contribution in [0.25, 0.3) is 11.3 Å². The van der Waals surface area contributed by atoms with Gasteiger partial charge >= 0.3 is 0 Å². The Bertz CT molecular complexity index is 1180. The van der Waals surface area contributed by atoms with Crippen LogP contribution in [0.15, 0.2) is 42.9 Å². The number of aromatic nitrogens is 3. The maximum absolute atomic E-state index is 13.1. The number of pyridine rings is 1. The van der Waals surface area contributed by atoms with Crippen LogP contribution in [0.5, 0.6) is 0 Å². The first-order valence-electron chi connectivity index (χ1n) is 11.1. The van der Waals surface area contributed by atoms with Gasteiger partial charge in [-0.1, -0.05) is 12.1 Å². The van der Waals surface area contributed by atoms with Gasteiger partial charge in [-0.2, -0.15) is 0 Å². The second-order valence-electron chi connectivity index (χ2n) is 8.32. The normalized spacial score (nSPS) is 18.0. The van der Waals surface area contributed by atoms with Crippen LogP contribution in [-0.4, -0.2) is 58.4 Å². The zero-order valence-corrected chi connectivity index (χ0v) is 18.2. The molecule has 1 saturated heterocycles. The van der Waals surface area contributed by atoms with Crippen LogP contribution >= 0.6 is 0 Å². The van der Waals surface area contributed by atoms with Gasteiger partial charge in [-0.3, -0.25) is 9.78 Å². The number of nitrogens with one attached hydrogen (secondary N) is 1. The molecule has 3 aromatic rings. The molecule has 2 aromatic heterocycles. The number of carbonyl (C=O) groups is 1. The number of benzene rings is 1. The molecular formula is C24H26N6O3. The average molecular weight is 447 g/mol. The van der Waals surface area contributed by atoms with E-state index < -0.39 is 5.91 Å². The van der Waals surface area contributed by atoms with Crippen molar-refractivity contribution in [1.29, 1.82) is 0 Å². The molecule has 1 aromatic carbocycles. The zero-order chi connectivity index (χ0) is 22.8. The highest BCUT2D eigenvalue weighted by Gasteiger charge is 2.21. The van der Waals surface area contributed by atoms with E-state index >= 15 is 0 Å². The number of amides is 1. The predicted octanol–water partition coefficient (Wildman–Crippen LogP) is 2.06. The SMILES string of the molecule is Nc1ncc(-c2ccc3c(c2)CCC(O)C3)nc1C(=O)Nc1cnccc1N1CCOCC1. The van der Waals surface area contributed by atoms with Gasteiger partial charge in [0.2, 0.25) is 0 Å². The minimum atomic E-state index is -0.439. The third kappa shape index (κ3) is 4.50. The van der Waals surface area contributed by atoms with Crippen molar-refractivity contribution in [3.05, 3.63) is 59.7 Å². The van der Waals surface area contributed by atoms with Crippen LogP contribution in [-0.2, 0) is 17.6 Å². The molecule has 1 aliphatic heterocycles. The molecule has 1 aliphatic carbocycles. The summed E-state index contributed by atoms with van der Waals surface area (Å²) in [5.74, 6) is -0.375. The molecule has 0 bridgehead atoms. The van der Waals surface area contributed by atoms with E-state index in [-0.39, 0.29) is 17.6 Å². The minimum absolute atomic E-state index is 0.0640. The number of aliphatic hydroxyl groups excluding tert-OH is 1. The first-order valence-corrected chi connectivity index (χ1v) is 11.1. The van der Waals surface area contributed by atoms with Crippen molar-refractivity contribution in [3.8, 4) is 11.3 Å². The number of rotatable bonds is 4. The maximum atomic E-state index is 13.1. The molecule has 2 aliphatic rings. The van der Waals surface area contributed by atoms with E-state index in [1.807, 2.05) is 18.2 Å². The summed E-state index contributed by atoms with van der Waals surface area (Å²) >= 11 is 0. The van der Waals surface area contributed by atoms with E-state index in [1.54, 1.807) is 18.6 Å². The van der Waals surface area contributed by atoms with E-state index in [2.05, 4.69) is 31.2 Å². The van der Waals surface area contributed by atoms with E-state index in [1.165, 1.54) is 5.56 Å². The maximum Gasteiger partial charge on any atom is 0.278 e. The Kier molecular flexibility index (Phi) is 5.89. The predicted molar refractivity (Wildman–Crippen MR) is 125 cm³/mol. The van der Waals surface area contributed by atoms with E-state index in [0.29, 0.717) is 31.0 Å². The van der Waals surface area contributed by atoms with Gasteiger partial charge in [0.05, 0.1) is 48.8 Å². The van der Waals surface area contributed by atoms with Gasteiger partial charge in [-0.25, -0.2) is 9.97 Å². The van der Waals surface area contributed by atoms with Crippen molar-refractivity contribution < 1.29 is 14.6 Å². The van der Waals surface area contributed by atoms with Crippen LogP contribution in [0.4, 0.5) is 17.2 Å². The van der Waals surface area contributed by atoms with E-state index in [0.717, 1.165) is 42.7 Å². The Hall–Kier alpha value is -3.56. The summed E-state index contributed by atoms with van der Waals surface area (Å²) < 4.78 is 5.43. The molecular weight excluding hydrogens is 420 g/mol. The van der Waals surface area contributed by atoms with Crippen LogP contribution in [0.1, 0.15) is 28.0 Å². The lowest BCUT2D eigenvalue weighted by Gasteiger charge is -2.30. The number of nitrogens with two attached hydrogens (primary N) is 1. The molecule has 0 spiro atoms. The van der Waals surface area contributed by atoms with Gasteiger partial charge < -0.3 is 25.8 Å². The van der Waals surface area contributed by atoms with Gasteiger partial charge in [0, 0.05) is 24.8 Å². The molecule has 1 fully saturated rings. The smallest absolute Gasteiger partial charge is 0.278 e. The lowest BCUT2D eigenvalue weighted by molar-refractivity contribution is 0.102. The molecule has 3 heterocycles. The summed E-state index contributed by atoms with van der Waals surface area (Å²) in [5, 5.41) is 12.8. The van der Waals surface area contributed by atoms with E-state index in [9.17, 15) is 9.90 Å².